The molecular formula is C5H17N4P3. The van der Waals surface area contributed by atoms with Crippen molar-refractivity contribution in [3.8, 4) is 0 Å². The van der Waals surface area contributed by atoms with Gasteiger partial charge in [-0.05, 0) is 26.7 Å². The molecule has 0 aromatic rings. The van der Waals surface area contributed by atoms with E-state index < -0.39 is 21.8 Å². The summed E-state index contributed by atoms with van der Waals surface area (Å²) in [6, 6.07) is 0. The van der Waals surface area contributed by atoms with Crippen LogP contribution in [-0.2, 0) is 0 Å². The summed E-state index contributed by atoms with van der Waals surface area (Å²) in [5.41, 5.74) is 2.51. The van der Waals surface area contributed by atoms with Gasteiger partial charge in [0.1, 0.15) is 8.77 Å². The van der Waals surface area contributed by atoms with E-state index in [0.29, 0.717) is 0 Å². The first-order valence-corrected chi connectivity index (χ1v) is 11.0. The van der Waals surface area contributed by atoms with Crippen LogP contribution in [0.3, 0.4) is 0 Å². The van der Waals surface area contributed by atoms with Crippen molar-refractivity contribution in [2.75, 3.05) is 33.3 Å². The number of hydrogen-bond donors (Lipinski definition) is 1. The highest BCUT2D eigenvalue weighted by molar-refractivity contribution is 7.85. The molecule has 1 rings (SSSR count). The van der Waals surface area contributed by atoms with Crippen LogP contribution in [0.25, 0.3) is 0 Å². The molecule has 1 atom stereocenters. The lowest BCUT2D eigenvalue weighted by molar-refractivity contribution is 1.58. The van der Waals surface area contributed by atoms with Crippen LogP contribution in [-0.4, -0.2) is 33.3 Å². The van der Waals surface area contributed by atoms with E-state index >= 15 is 0 Å². The van der Waals surface area contributed by atoms with E-state index in [1.54, 1.807) is 0 Å². The summed E-state index contributed by atoms with van der Waals surface area (Å²) < 4.78 is 21.1. The van der Waals surface area contributed by atoms with Gasteiger partial charge in [-0.1, -0.05) is 0 Å². The summed E-state index contributed by atoms with van der Waals surface area (Å²) in [7, 11) is -4.96. The molecule has 0 radical (unpaired) electrons. The lowest BCUT2D eigenvalue weighted by Crippen LogP contribution is -1.92. The maximum atomic E-state index is 7.25. The minimum atomic E-state index is -1.92. The van der Waals surface area contributed by atoms with E-state index in [0.717, 1.165) is 0 Å². The molecule has 7 heteroatoms. The fourth-order valence-corrected chi connectivity index (χ4v) is 13.9. The molecule has 0 fully saturated rings. The molecule has 0 aromatic heterocycles. The van der Waals surface area contributed by atoms with Crippen molar-refractivity contribution in [2.45, 2.75) is 0 Å². The van der Waals surface area contributed by atoms with Crippen molar-refractivity contribution in [3.63, 3.8) is 0 Å². The molecular weight excluding hydrogens is 209 g/mol. The predicted molar refractivity (Wildman–Crippen MR) is 61.9 cm³/mol. The first-order chi connectivity index (χ1) is 5.68. The quantitative estimate of drug-likeness (QED) is 0.687. The van der Waals surface area contributed by atoms with Crippen LogP contribution in [0.1, 0.15) is 0 Å². The van der Waals surface area contributed by atoms with Gasteiger partial charge >= 0.3 is 0 Å². The largest absolute Gasteiger partial charge is 0.280 e. The van der Waals surface area contributed by atoms with Crippen molar-refractivity contribution in [2.24, 2.45) is 19.0 Å². The Bertz CT molecular complexity index is 366. The van der Waals surface area contributed by atoms with Gasteiger partial charge in [-0.2, -0.15) is 0 Å². The number of rotatable bonds is 1. The maximum Gasteiger partial charge on any atom is 0.137 e. The summed E-state index contributed by atoms with van der Waals surface area (Å²) >= 11 is 0. The number of hydrogen-bond acceptors (Lipinski definition) is 4. The fourth-order valence-electron chi connectivity index (χ4n) is 1.44. The van der Waals surface area contributed by atoms with Gasteiger partial charge in [-0.3, -0.25) is 5.50 Å². The molecule has 1 aliphatic heterocycles. The lowest BCUT2D eigenvalue weighted by atomic mass is 11.9. The monoisotopic (exact) mass is 228 g/mol. The standard InChI is InChI=1S/C5H17N4P3/c1-10(2)7-11(3,4)9-12(5,6)8-10/h6H2,1-5H3/i/hT. The average Bonchev–Trinajstić information content (AvgIpc) is 1.79. The zero-order chi connectivity index (χ0) is 10.3. The molecule has 0 bridgehead atoms. The average molecular weight is 228 g/mol. The second-order valence-corrected chi connectivity index (χ2v) is 13.2. The van der Waals surface area contributed by atoms with Crippen LogP contribution in [0.2, 0.25) is 1.41 Å². The van der Waals surface area contributed by atoms with Gasteiger partial charge in [-0.15, -0.1) is 0 Å². The van der Waals surface area contributed by atoms with Gasteiger partial charge in [-0.25, -0.2) is 13.5 Å². The maximum absolute atomic E-state index is 7.25. The van der Waals surface area contributed by atoms with Crippen LogP contribution < -0.4 is 5.50 Å². The second-order valence-electron chi connectivity index (χ2n) is 3.85. The summed E-state index contributed by atoms with van der Waals surface area (Å²) in [5.74, 6) is 0. The molecule has 12 heavy (non-hydrogen) atoms. The van der Waals surface area contributed by atoms with Gasteiger partial charge in [0.05, 0.1) is 14.4 Å². The molecule has 4 nitrogen and oxygen atoms in total. The zero-order valence-electron chi connectivity index (χ0n) is 9.18. The number of nitrogens with two attached hydrogens (primary N) is 1. The van der Waals surface area contributed by atoms with Crippen molar-refractivity contribution in [3.05, 3.63) is 0 Å². The molecule has 0 amide bonds. The summed E-state index contributed by atoms with van der Waals surface area (Å²) in [5, 5.41) is 0. The predicted octanol–water partition coefficient (Wildman–Crippen LogP) is 3.37. The van der Waals surface area contributed by atoms with Crippen LogP contribution in [0.4, 0.5) is 0 Å². The summed E-state index contributed by atoms with van der Waals surface area (Å²) in [6.45, 7) is 10.3. The third-order valence-electron chi connectivity index (χ3n) is 1.22. The van der Waals surface area contributed by atoms with Gasteiger partial charge in [0.25, 0.3) is 0 Å². The van der Waals surface area contributed by atoms with Crippen LogP contribution >= 0.6 is 21.8 Å². The molecule has 0 aliphatic carbocycles. The number of nitrogens with zero attached hydrogens (tertiary/aromatic N) is 3. The third kappa shape index (κ3) is 2.85. The zero-order valence-corrected chi connectivity index (χ0v) is 10.9. The molecule has 1 heterocycles. The Balaban J connectivity index is 3.44. The first kappa shape index (κ1) is 9.21. The molecule has 0 aromatic carbocycles. The van der Waals surface area contributed by atoms with Crippen LogP contribution in [0.5, 0.6) is 0 Å². The minimum Gasteiger partial charge on any atom is -0.280 e. The minimum absolute atomic E-state index is 1.52. The highest BCUT2D eigenvalue weighted by atomic mass is 31.3. The van der Waals surface area contributed by atoms with Gasteiger partial charge in [0.15, 0.2) is 0 Å². The third-order valence-corrected chi connectivity index (χ3v) is 11.0. The molecule has 1 unspecified atom stereocenters. The van der Waals surface area contributed by atoms with Crippen LogP contribution in [0.15, 0.2) is 13.5 Å². The van der Waals surface area contributed by atoms with Gasteiger partial charge in [0.2, 0.25) is 0 Å². The van der Waals surface area contributed by atoms with Crippen molar-refractivity contribution in [1.82, 2.24) is 0 Å². The first-order valence-electron chi connectivity index (χ1n) is 4.16. The SMILES string of the molecule is [3H]NP1(C)=NP(C)(C)=NP(C)(C)=N1. The Hall–Kier alpha value is 0.650. The second kappa shape index (κ2) is 2.82. The lowest BCUT2D eigenvalue weighted by Gasteiger charge is -2.25. The molecule has 2 N–H and O–H groups in total. The topological polar surface area (TPSA) is 63.1 Å². The summed E-state index contributed by atoms with van der Waals surface area (Å²) in [6.07, 6.45) is 0. The van der Waals surface area contributed by atoms with E-state index in [1.165, 1.54) is 0 Å². The van der Waals surface area contributed by atoms with E-state index in [2.05, 4.69) is 45.7 Å². The van der Waals surface area contributed by atoms with Crippen molar-refractivity contribution in [1.29, 1.82) is 0 Å². The normalized spacial score (nSPS) is 38.6. The Labute approximate surface area is 76.2 Å². The summed E-state index contributed by atoms with van der Waals surface area (Å²) in [4.78, 5) is 0. The Morgan fingerprint density at radius 2 is 1.42 bits per heavy atom. The van der Waals surface area contributed by atoms with E-state index in [4.69, 9.17) is 1.41 Å². The van der Waals surface area contributed by atoms with Gasteiger partial charge in [0, 0.05) is 6.66 Å². The van der Waals surface area contributed by atoms with E-state index in [9.17, 15) is 0 Å². The van der Waals surface area contributed by atoms with Crippen molar-refractivity contribution >= 4 is 21.8 Å². The highest BCUT2D eigenvalue weighted by Crippen LogP contribution is 2.70. The van der Waals surface area contributed by atoms with Crippen LogP contribution in [0, 0.1) is 0 Å². The van der Waals surface area contributed by atoms with E-state index in [1.807, 2.05) is 6.66 Å². The van der Waals surface area contributed by atoms with Crippen molar-refractivity contribution < 1.29 is 1.41 Å². The molecule has 1 aliphatic rings. The fraction of sp³-hybridized carbons (Fsp3) is 1.00. The Morgan fingerprint density at radius 3 is 1.83 bits per heavy atom. The van der Waals surface area contributed by atoms with E-state index in [-0.39, 0.29) is 0 Å². The molecule has 0 saturated carbocycles. The highest BCUT2D eigenvalue weighted by Gasteiger charge is 2.20. The molecule has 72 valence electrons. The smallest absolute Gasteiger partial charge is 0.137 e. The Morgan fingerprint density at radius 1 is 0.917 bits per heavy atom. The Kier molecular flexibility index (Phi) is 2.16. The van der Waals surface area contributed by atoms with Gasteiger partial charge < -0.3 is 0 Å². The molecule has 0 saturated heterocycles. The molecule has 0 spiro atoms.